The molecule has 0 amide bonds. The summed E-state index contributed by atoms with van der Waals surface area (Å²) >= 11 is 0. The zero-order valence-corrected chi connectivity index (χ0v) is 28.8. The van der Waals surface area contributed by atoms with Crippen LogP contribution in [-0.2, 0) is 32.7 Å². The van der Waals surface area contributed by atoms with Crippen molar-refractivity contribution in [3.05, 3.63) is 90.0 Å². The third-order valence-electron chi connectivity index (χ3n) is 4.91. The number of fused-ring (bicyclic) bond motifs is 1. The second-order valence-electron chi connectivity index (χ2n) is 7.40. The number of phenolic OH excluding ortho intramolecular Hbond substituents is 1. The van der Waals surface area contributed by atoms with Crippen molar-refractivity contribution in [1.82, 2.24) is 0 Å². The van der Waals surface area contributed by atoms with Crippen molar-refractivity contribution in [3.8, 4) is 5.75 Å². The van der Waals surface area contributed by atoms with Crippen LogP contribution in [0.15, 0.2) is 93.3 Å². The normalized spacial score (nSPS) is 9.55. The standard InChI is InChI=1S/C21H22N5O.C6H6.3C2H6.Y/c1-5-23-16-7-6-15-10-14(3)20(21(27)18(15)12-16)26-24-17-8-9-19(25-22-4)13(2)11-17;1-2-4-6-5-3-1;3*1-2;/h6-7,9-12,23,27H,5H2,1-4H3;1-6H;3*1-2H3;/q-1;;;;;. The molecular weight excluding hydrogens is 571 g/mol. The first-order chi connectivity index (χ1) is 19.0. The minimum atomic E-state index is 0. The molecule has 6 nitrogen and oxygen atoms in total. The molecule has 40 heavy (non-hydrogen) atoms. The van der Waals surface area contributed by atoms with Gasteiger partial charge in [-0.3, -0.25) is 0 Å². The Labute approximate surface area is 267 Å². The van der Waals surface area contributed by atoms with Gasteiger partial charge >= 0.3 is 0 Å². The smallest absolute Gasteiger partial charge is 0.151 e. The van der Waals surface area contributed by atoms with E-state index in [9.17, 15) is 5.11 Å². The van der Waals surface area contributed by atoms with Gasteiger partial charge in [0, 0.05) is 57.4 Å². The Hall–Kier alpha value is -2.96. The van der Waals surface area contributed by atoms with Gasteiger partial charge in [0.1, 0.15) is 5.69 Å². The van der Waals surface area contributed by atoms with E-state index in [2.05, 4.69) is 31.8 Å². The number of rotatable bonds is 5. The molecule has 4 aromatic rings. The maximum atomic E-state index is 10.8. The Morgan fingerprint density at radius 3 is 1.85 bits per heavy atom. The van der Waals surface area contributed by atoms with E-state index in [0.717, 1.165) is 39.8 Å². The second kappa shape index (κ2) is 23.9. The zero-order valence-electron chi connectivity index (χ0n) is 25.9. The number of nitrogens with one attached hydrogen (secondary N) is 1. The molecular formula is C33H46N5OY-. The van der Waals surface area contributed by atoms with E-state index in [0.29, 0.717) is 11.4 Å². The third kappa shape index (κ3) is 12.9. The quantitative estimate of drug-likeness (QED) is 0.173. The average Bonchev–Trinajstić information content (AvgIpc) is 2.99. The number of hydrogen-bond donors (Lipinski definition) is 2. The number of azo groups is 2. The zero-order chi connectivity index (χ0) is 29.6. The van der Waals surface area contributed by atoms with Crippen LogP contribution in [0.5, 0.6) is 5.75 Å². The van der Waals surface area contributed by atoms with Crippen LogP contribution < -0.4 is 5.32 Å². The number of aromatic hydroxyl groups is 1. The summed E-state index contributed by atoms with van der Waals surface area (Å²) in [5.74, 6) is 0.127. The fraction of sp³-hybridized carbons (Fsp3) is 0.333. The van der Waals surface area contributed by atoms with Crippen LogP contribution in [0.3, 0.4) is 0 Å². The molecule has 0 aliphatic carbocycles. The minimum absolute atomic E-state index is 0. The molecule has 0 aliphatic rings. The fourth-order valence-electron chi connectivity index (χ4n) is 3.28. The Balaban J connectivity index is 0. The summed E-state index contributed by atoms with van der Waals surface area (Å²) in [5.41, 5.74) is 4.52. The van der Waals surface area contributed by atoms with Gasteiger partial charge in [-0.15, -0.1) is 22.8 Å². The van der Waals surface area contributed by atoms with Gasteiger partial charge in [-0.05, 0) is 54.4 Å². The fourth-order valence-corrected chi connectivity index (χ4v) is 3.28. The number of aryl methyl sites for hydroxylation is 2. The van der Waals surface area contributed by atoms with E-state index in [4.69, 9.17) is 0 Å². The SMILES string of the molecule is CC.CC.CC.CCNc1ccc2cc(C)c(N=Nc3[c-]cc(N=NC)c(C)c3)c(O)c2c1.[Y].c1ccccc1. The molecule has 0 aliphatic heterocycles. The van der Waals surface area contributed by atoms with Gasteiger partial charge in [-0.2, -0.15) is 11.2 Å². The molecule has 2 N–H and O–H groups in total. The molecule has 4 aromatic carbocycles. The third-order valence-corrected chi connectivity index (χ3v) is 4.91. The first kappa shape index (κ1) is 39.2. The molecule has 0 saturated carbocycles. The maximum absolute atomic E-state index is 10.8. The maximum Gasteiger partial charge on any atom is 0.151 e. The molecule has 0 bridgehead atoms. The summed E-state index contributed by atoms with van der Waals surface area (Å²) in [7, 11) is 1.62. The first-order valence-electron chi connectivity index (χ1n) is 13.8. The van der Waals surface area contributed by atoms with Gasteiger partial charge in [-0.25, -0.2) is 10.2 Å². The number of anilines is 1. The molecule has 4 rings (SSSR count). The largest absolute Gasteiger partial charge is 0.505 e. The second-order valence-corrected chi connectivity index (χ2v) is 7.40. The Morgan fingerprint density at radius 2 is 1.35 bits per heavy atom. The molecule has 0 unspecified atom stereocenters. The molecule has 0 saturated heterocycles. The van der Waals surface area contributed by atoms with Crippen molar-refractivity contribution in [3.63, 3.8) is 0 Å². The van der Waals surface area contributed by atoms with Crippen LogP contribution in [0.25, 0.3) is 10.8 Å². The molecule has 213 valence electrons. The van der Waals surface area contributed by atoms with E-state index in [1.54, 1.807) is 13.1 Å². The van der Waals surface area contributed by atoms with Crippen LogP contribution in [0.2, 0.25) is 0 Å². The van der Waals surface area contributed by atoms with Crippen molar-refractivity contribution >= 4 is 33.5 Å². The van der Waals surface area contributed by atoms with E-state index in [1.165, 1.54) is 0 Å². The Bertz CT molecular complexity index is 1250. The summed E-state index contributed by atoms with van der Waals surface area (Å²) in [6, 6.07) is 26.5. The van der Waals surface area contributed by atoms with Crippen molar-refractivity contribution < 1.29 is 37.8 Å². The number of benzene rings is 4. The molecule has 0 heterocycles. The van der Waals surface area contributed by atoms with Crippen molar-refractivity contribution in [2.75, 3.05) is 18.9 Å². The topological polar surface area (TPSA) is 81.7 Å². The van der Waals surface area contributed by atoms with Gasteiger partial charge in [0.25, 0.3) is 0 Å². The molecule has 0 spiro atoms. The van der Waals surface area contributed by atoms with Gasteiger partial charge in [0.2, 0.25) is 0 Å². The van der Waals surface area contributed by atoms with Crippen LogP contribution in [0, 0.1) is 19.9 Å². The van der Waals surface area contributed by atoms with Crippen molar-refractivity contribution in [2.24, 2.45) is 20.5 Å². The first-order valence-corrected chi connectivity index (χ1v) is 13.8. The monoisotopic (exact) mass is 617 g/mol. The number of hydrogen-bond acceptors (Lipinski definition) is 6. The van der Waals surface area contributed by atoms with Gasteiger partial charge in [-0.1, -0.05) is 90.9 Å². The summed E-state index contributed by atoms with van der Waals surface area (Å²) in [6.45, 7) is 18.7. The number of nitrogens with zero attached hydrogens (tertiary/aromatic N) is 4. The van der Waals surface area contributed by atoms with Crippen molar-refractivity contribution in [1.29, 1.82) is 0 Å². The van der Waals surface area contributed by atoms with E-state index in [-0.39, 0.29) is 38.5 Å². The van der Waals surface area contributed by atoms with Crippen molar-refractivity contribution in [2.45, 2.75) is 62.3 Å². The van der Waals surface area contributed by atoms with Crippen LogP contribution >= 0.6 is 0 Å². The van der Waals surface area contributed by atoms with Crippen LogP contribution in [0.4, 0.5) is 22.7 Å². The van der Waals surface area contributed by atoms with Gasteiger partial charge < -0.3 is 10.4 Å². The molecule has 0 fully saturated rings. The summed E-state index contributed by atoms with van der Waals surface area (Å²) in [5, 5.41) is 32.0. The molecule has 7 heteroatoms. The number of phenols is 1. The minimum Gasteiger partial charge on any atom is -0.505 e. The summed E-state index contributed by atoms with van der Waals surface area (Å²) < 4.78 is 0. The predicted octanol–water partition coefficient (Wildman–Crippen LogP) is 11.3. The van der Waals surface area contributed by atoms with Gasteiger partial charge in [0.05, 0.1) is 0 Å². The van der Waals surface area contributed by atoms with E-state index in [1.807, 2.05) is 129 Å². The van der Waals surface area contributed by atoms with E-state index >= 15 is 0 Å². The summed E-state index contributed by atoms with van der Waals surface area (Å²) in [6.07, 6.45) is 0. The predicted molar refractivity (Wildman–Crippen MR) is 170 cm³/mol. The Morgan fingerprint density at radius 1 is 0.775 bits per heavy atom. The molecule has 0 atom stereocenters. The van der Waals surface area contributed by atoms with Crippen LogP contribution in [-0.4, -0.2) is 18.7 Å². The molecule has 1 radical (unpaired) electrons. The van der Waals surface area contributed by atoms with Gasteiger partial charge in [0.15, 0.2) is 5.75 Å². The average molecular weight is 618 g/mol. The van der Waals surface area contributed by atoms with E-state index < -0.39 is 0 Å². The summed E-state index contributed by atoms with van der Waals surface area (Å²) in [4.78, 5) is 0. The van der Waals surface area contributed by atoms with Crippen LogP contribution in [0.1, 0.15) is 59.6 Å². The Kier molecular flexibility index (Phi) is 23.4. The molecule has 0 aromatic heterocycles.